The SMILES string of the molecule is c1ccc2c(c1)-c1ccccc1C2[N]C1c2ccccc2-c2ccccc21. The first-order valence-corrected chi connectivity index (χ1v) is 9.48. The second-order valence-corrected chi connectivity index (χ2v) is 7.30. The molecule has 4 aromatic rings. The van der Waals surface area contributed by atoms with E-state index < -0.39 is 0 Å². The Hall–Kier alpha value is -3.16. The van der Waals surface area contributed by atoms with Gasteiger partial charge in [0.2, 0.25) is 0 Å². The lowest BCUT2D eigenvalue weighted by Crippen LogP contribution is -2.18. The molecule has 1 heteroatoms. The Morgan fingerprint density at radius 2 is 0.630 bits per heavy atom. The van der Waals surface area contributed by atoms with Crippen molar-refractivity contribution in [2.45, 2.75) is 12.1 Å². The second-order valence-electron chi connectivity index (χ2n) is 7.30. The fourth-order valence-corrected chi connectivity index (χ4v) is 4.73. The molecule has 0 aromatic heterocycles. The second kappa shape index (κ2) is 5.67. The monoisotopic (exact) mass is 344 g/mol. The van der Waals surface area contributed by atoms with Gasteiger partial charge < -0.3 is 0 Å². The van der Waals surface area contributed by atoms with Gasteiger partial charge in [0.1, 0.15) is 0 Å². The van der Waals surface area contributed by atoms with Gasteiger partial charge in [0.15, 0.2) is 0 Å². The van der Waals surface area contributed by atoms with Crippen molar-refractivity contribution < 1.29 is 0 Å². The minimum Gasteiger partial charge on any atom is -0.216 e. The zero-order chi connectivity index (χ0) is 17.8. The number of fused-ring (bicyclic) bond motifs is 6. The van der Waals surface area contributed by atoms with Crippen LogP contribution in [0.3, 0.4) is 0 Å². The molecule has 1 nitrogen and oxygen atoms in total. The molecule has 127 valence electrons. The van der Waals surface area contributed by atoms with E-state index in [9.17, 15) is 0 Å². The molecule has 2 aliphatic carbocycles. The molecule has 0 aliphatic heterocycles. The zero-order valence-electron chi connectivity index (χ0n) is 14.8. The van der Waals surface area contributed by atoms with Gasteiger partial charge in [0.05, 0.1) is 12.1 Å². The highest BCUT2D eigenvalue weighted by atomic mass is 15.0. The maximum Gasteiger partial charge on any atom is 0.0768 e. The van der Waals surface area contributed by atoms with Crippen LogP contribution < -0.4 is 5.32 Å². The largest absolute Gasteiger partial charge is 0.216 e. The molecule has 0 unspecified atom stereocenters. The lowest BCUT2D eigenvalue weighted by Gasteiger charge is -2.21. The van der Waals surface area contributed by atoms with Gasteiger partial charge in [-0.05, 0) is 44.5 Å². The maximum absolute atomic E-state index is 5.44. The summed E-state index contributed by atoms with van der Waals surface area (Å²) in [5.41, 5.74) is 10.6. The molecule has 1 radical (unpaired) electrons. The Morgan fingerprint density at radius 1 is 0.370 bits per heavy atom. The third-order valence-corrected chi connectivity index (χ3v) is 5.90. The quantitative estimate of drug-likeness (QED) is 0.415. The summed E-state index contributed by atoms with van der Waals surface area (Å²) >= 11 is 0. The highest BCUT2D eigenvalue weighted by Crippen LogP contribution is 2.49. The van der Waals surface area contributed by atoms with Crippen LogP contribution in [0, 0.1) is 0 Å². The Morgan fingerprint density at radius 3 is 0.926 bits per heavy atom. The summed E-state index contributed by atoms with van der Waals surface area (Å²) < 4.78 is 0. The molecule has 0 saturated carbocycles. The van der Waals surface area contributed by atoms with E-state index >= 15 is 0 Å². The summed E-state index contributed by atoms with van der Waals surface area (Å²) in [7, 11) is 0. The molecule has 0 N–H and O–H groups in total. The smallest absolute Gasteiger partial charge is 0.0768 e. The zero-order valence-corrected chi connectivity index (χ0v) is 14.8. The van der Waals surface area contributed by atoms with Crippen molar-refractivity contribution in [3.63, 3.8) is 0 Å². The van der Waals surface area contributed by atoms with Crippen molar-refractivity contribution in [2.75, 3.05) is 0 Å². The maximum atomic E-state index is 5.44. The molecule has 2 aliphatic rings. The summed E-state index contributed by atoms with van der Waals surface area (Å²) in [6.07, 6.45) is 0. The molecular formula is C26H18N. The van der Waals surface area contributed by atoms with Crippen LogP contribution in [0.5, 0.6) is 0 Å². The number of benzene rings is 4. The van der Waals surface area contributed by atoms with Gasteiger partial charge in [-0.2, -0.15) is 0 Å². The van der Waals surface area contributed by atoms with E-state index in [1.807, 2.05) is 0 Å². The van der Waals surface area contributed by atoms with Crippen LogP contribution in [-0.4, -0.2) is 0 Å². The lowest BCUT2D eigenvalue weighted by atomic mass is 10.00. The summed E-state index contributed by atoms with van der Waals surface area (Å²) in [4.78, 5) is 0. The van der Waals surface area contributed by atoms with E-state index in [1.165, 1.54) is 44.5 Å². The van der Waals surface area contributed by atoms with Gasteiger partial charge in [0, 0.05) is 0 Å². The molecule has 0 saturated heterocycles. The van der Waals surface area contributed by atoms with Crippen LogP contribution in [0.15, 0.2) is 97.1 Å². The molecule has 0 heterocycles. The fourth-order valence-electron chi connectivity index (χ4n) is 4.73. The number of hydrogen-bond acceptors (Lipinski definition) is 0. The van der Waals surface area contributed by atoms with Gasteiger partial charge in [-0.15, -0.1) is 0 Å². The highest BCUT2D eigenvalue weighted by Gasteiger charge is 2.35. The molecule has 0 spiro atoms. The molecule has 0 fully saturated rings. The van der Waals surface area contributed by atoms with Crippen LogP contribution in [-0.2, 0) is 0 Å². The van der Waals surface area contributed by atoms with Crippen LogP contribution in [0.25, 0.3) is 22.3 Å². The molecule has 4 aromatic carbocycles. The lowest BCUT2D eigenvalue weighted by molar-refractivity contribution is 0.541. The van der Waals surface area contributed by atoms with E-state index in [-0.39, 0.29) is 12.1 Å². The Labute approximate surface area is 159 Å². The number of rotatable bonds is 2. The minimum atomic E-state index is 0.0848. The van der Waals surface area contributed by atoms with Gasteiger partial charge in [-0.25, -0.2) is 5.32 Å². The predicted octanol–water partition coefficient (Wildman–Crippen LogP) is 6.13. The van der Waals surface area contributed by atoms with Gasteiger partial charge in [-0.1, -0.05) is 97.1 Å². The van der Waals surface area contributed by atoms with E-state index in [1.54, 1.807) is 0 Å². The van der Waals surface area contributed by atoms with Gasteiger partial charge >= 0.3 is 0 Å². The van der Waals surface area contributed by atoms with Crippen molar-refractivity contribution >= 4 is 0 Å². The number of nitrogens with zero attached hydrogens (tertiary/aromatic N) is 1. The van der Waals surface area contributed by atoms with Crippen molar-refractivity contribution in [1.29, 1.82) is 0 Å². The fraction of sp³-hybridized carbons (Fsp3) is 0.0769. The first-order valence-electron chi connectivity index (χ1n) is 9.48. The normalized spacial score (nSPS) is 14.5. The summed E-state index contributed by atoms with van der Waals surface area (Å²) in [6, 6.07) is 35.0. The minimum absolute atomic E-state index is 0.0848. The van der Waals surface area contributed by atoms with Crippen LogP contribution in [0.2, 0.25) is 0 Å². The topological polar surface area (TPSA) is 14.1 Å². The van der Waals surface area contributed by atoms with Crippen molar-refractivity contribution in [1.82, 2.24) is 5.32 Å². The Bertz CT molecular complexity index is 990. The van der Waals surface area contributed by atoms with E-state index in [2.05, 4.69) is 97.1 Å². The van der Waals surface area contributed by atoms with Crippen molar-refractivity contribution in [3.8, 4) is 22.3 Å². The Balaban J connectivity index is 1.51. The average molecular weight is 344 g/mol. The van der Waals surface area contributed by atoms with Gasteiger partial charge in [0.25, 0.3) is 0 Å². The predicted molar refractivity (Wildman–Crippen MR) is 110 cm³/mol. The van der Waals surface area contributed by atoms with E-state index in [0.717, 1.165) is 0 Å². The highest BCUT2D eigenvalue weighted by molar-refractivity contribution is 5.80. The van der Waals surface area contributed by atoms with E-state index in [0.29, 0.717) is 0 Å². The first-order chi connectivity index (χ1) is 13.4. The van der Waals surface area contributed by atoms with Crippen molar-refractivity contribution in [3.05, 3.63) is 119 Å². The standard InChI is InChI=1S/C26H18N/c1-5-13-21-17(9-1)18-10-2-6-14-22(18)25(21)27-26-23-15-7-3-11-19(23)20-12-4-8-16-24(20)26/h1-16,25-26H. The average Bonchev–Trinajstić information content (AvgIpc) is 3.23. The Kier molecular flexibility index (Phi) is 3.14. The molecule has 6 rings (SSSR count). The van der Waals surface area contributed by atoms with E-state index in [4.69, 9.17) is 5.32 Å². The van der Waals surface area contributed by atoms with Crippen LogP contribution >= 0.6 is 0 Å². The molecule has 27 heavy (non-hydrogen) atoms. The summed E-state index contributed by atoms with van der Waals surface area (Å²) in [5, 5.41) is 5.44. The molecule has 0 bridgehead atoms. The third kappa shape index (κ3) is 2.09. The summed E-state index contributed by atoms with van der Waals surface area (Å²) in [5.74, 6) is 0. The third-order valence-electron chi connectivity index (χ3n) is 5.90. The molecule has 0 atom stereocenters. The number of hydrogen-bond donors (Lipinski definition) is 0. The van der Waals surface area contributed by atoms with Crippen LogP contribution in [0.1, 0.15) is 34.3 Å². The summed E-state index contributed by atoms with van der Waals surface area (Å²) in [6.45, 7) is 0. The van der Waals surface area contributed by atoms with Crippen molar-refractivity contribution in [2.24, 2.45) is 0 Å². The molecule has 0 amide bonds. The first kappa shape index (κ1) is 15.0. The molecular weight excluding hydrogens is 326 g/mol. The van der Waals surface area contributed by atoms with Gasteiger partial charge in [-0.3, -0.25) is 0 Å². The van der Waals surface area contributed by atoms with Crippen LogP contribution in [0.4, 0.5) is 0 Å².